The van der Waals surface area contributed by atoms with E-state index in [0.717, 1.165) is 12.8 Å². The molecule has 0 radical (unpaired) electrons. The third kappa shape index (κ3) is 7.40. The molecule has 1 saturated carbocycles. The second-order valence-corrected chi connectivity index (χ2v) is 8.70. The monoisotopic (exact) mass is 274 g/mol. The smallest absolute Gasteiger partial charge is 0.147 e. The van der Waals surface area contributed by atoms with Crippen molar-refractivity contribution >= 4 is 9.84 Å². The molecule has 0 aromatic rings. The van der Waals surface area contributed by atoms with Crippen LogP contribution in [0.15, 0.2) is 0 Å². The van der Waals surface area contributed by atoms with Crippen molar-refractivity contribution < 1.29 is 8.42 Å². The van der Waals surface area contributed by atoms with Gasteiger partial charge in [0.2, 0.25) is 0 Å². The third-order valence-corrected chi connectivity index (χ3v) is 5.39. The van der Waals surface area contributed by atoms with Crippen molar-refractivity contribution in [3.8, 4) is 0 Å². The minimum atomic E-state index is -2.85. The Kier molecular flexibility index (Phi) is 6.68. The first-order chi connectivity index (χ1) is 8.41. The minimum Gasteiger partial charge on any atom is -0.229 e. The quantitative estimate of drug-likeness (QED) is 0.750. The van der Waals surface area contributed by atoms with E-state index < -0.39 is 9.84 Å². The van der Waals surface area contributed by atoms with Crippen molar-refractivity contribution in [1.82, 2.24) is 0 Å². The molecule has 1 fully saturated rings. The highest BCUT2D eigenvalue weighted by atomic mass is 32.2. The standard InChI is InChI=1S/C15H30O2S/c1-15(14-18(2,16)17)12-10-8-6-4-3-5-7-9-11-13-15/h3-14H2,1-2H3. The van der Waals surface area contributed by atoms with Crippen molar-refractivity contribution in [2.24, 2.45) is 5.41 Å². The van der Waals surface area contributed by atoms with Crippen LogP contribution in [0.3, 0.4) is 0 Å². The fourth-order valence-corrected chi connectivity index (χ4v) is 4.80. The molecule has 108 valence electrons. The van der Waals surface area contributed by atoms with E-state index in [1.807, 2.05) is 0 Å². The van der Waals surface area contributed by atoms with E-state index in [1.54, 1.807) is 0 Å². The van der Waals surface area contributed by atoms with Gasteiger partial charge in [-0.3, -0.25) is 0 Å². The van der Waals surface area contributed by atoms with Gasteiger partial charge in [-0.25, -0.2) is 8.42 Å². The van der Waals surface area contributed by atoms with Gasteiger partial charge in [0.15, 0.2) is 0 Å². The molecule has 3 heteroatoms. The molecule has 0 unspecified atom stereocenters. The summed E-state index contributed by atoms with van der Waals surface area (Å²) in [6.07, 6.45) is 15.3. The zero-order chi connectivity index (χ0) is 13.5. The average molecular weight is 274 g/mol. The Bertz CT molecular complexity index is 307. The van der Waals surface area contributed by atoms with E-state index in [1.165, 1.54) is 64.0 Å². The lowest BCUT2D eigenvalue weighted by atomic mass is 9.81. The Labute approximate surface area is 113 Å². The Morgan fingerprint density at radius 2 is 1.11 bits per heavy atom. The highest BCUT2D eigenvalue weighted by molar-refractivity contribution is 7.90. The molecule has 1 aliphatic rings. The maximum atomic E-state index is 11.6. The van der Waals surface area contributed by atoms with Crippen LogP contribution in [0.1, 0.15) is 77.6 Å². The summed E-state index contributed by atoms with van der Waals surface area (Å²) in [7, 11) is -2.85. The minimum absolute atomic E-state index is 0.0206. The molecule has 0 aromatic carbocycles. The average Bonchev–Trinajstić information content (AvgIpc) is 2.21. The summed E-state index contributed by atoms with van der Waals surface area (Å²) in [5, 5.41) is 0. The van der Waals surface area contributed by atoms with Gasteiger partial charge in [-0.05, 0) is 18.3 Å². The molecule has 2 nitrogen and oxygen atoms in total. The fraction of sp³-hybridized carbons (Fsp3) is 1.00. The molecule has 0 N–H and O–H groups in total. The molecule has 0 aliphatic heterocycles. The normalized spacial score (nSPS) is 23.9. The van der Waals surface area contributed by atoms with E-state index in [9.17, 15) is 8.42 Å². The summed E-state index contributed by atoms with van der Waals surface area (Å²) in [5.41, 5.74) is 0.0206. The largest absolute Gasteiger partial charge is 0.229 e. The van der Waals surface area contributed by atoms with Crippen molar-refractivity contribution in [2.45, 2.75) is 77.6 Å². The molecule has 0 bridgehead atoms. The lowest BCUT2D eigenvalue weighted by molar-refractivity contribution is 0.282. The maximum Gasteiger partial charge on any atom is 0.147 e. The molecule has 0 saturated heterocycles. The maximum absolute atomic E-state index is 11.6. The van der Waals surface area contributed by atoms with Crippen LogP contribution in [0.5, 0.6) is 0 Å². The van der Waals surface area contributed by atoms with Gasteiger partial charge in [-0.1, -0.05) is 64.7 Å². The number of hydrogen-bond donors (Lipinski definition) is 0. The van der Waals surface area contributed by atoms with Crippen molar-refractivity contribution in [3.05, 3.63) is 0 Å². The number of hydrogen-bond acceptors (Lipinski definition) is 2. The Balaban J connectivity index is 2.54. The zero-order valence-electron chi connectivity index (χ0n) is 12.2. The Morgan fingerprint density at radius 1 is 0.778 bits per heavy atom. The summed E-state index contributed by atoms with van der Waals surface area (Å²) < 4.78 is 23.2. The number of sulfone groups is 1. The molecule has 0 amide bonds. The van der Waals surface area contributed by atoms with E-state index in [2.05, 4.69) is 6.92 Å². The van der Waals surface area contributed by atoms with Gasteiger partial charge in [-0.2, -0.15) is 0 Å². The zero-order valence-corrected chi connectivity index (χ0v) is 13.0. The lowest BCUT2D eigenvalue weighted by Gasteiger charge is -2.29. The van der Waals surface area contributed by atoms with Crippen LogP contribution < -0.4 is 0 Å². The molecule has 0 spiro atoms. The van der Waals surface area contributed by atoms with E-state index in [-0.39, 0.29) is 5.41 Å². The number of rotatable bonds is 2. The molecule has 0 atom stereocenters. The van der Waals surface area contributed by atoms with Crippen LogP contribution in [-0.2, 0) is 9.84 Å². The first kappa shape index (κ1) is 16.0. The predicted molar refractivity (Wildman–Crippen MR) is 78.6 cm³/mol. The molecule has 1 aliphatic carbocycles. The SMILES string of the molecule is CC1(CS(C)(=O)=O)CCCCCCCCCCC1. The van der Waals surface area contributed by atoms with Crippen LogP contribution in [0.2, 0.25) is 0 Å². The van der Waals surface area contributed by atoms with Gasteiger partial charge in [0.25, 0.3) is 0 Å². The summed E-state index contributed by atoms with van der Waals surface area (Å²) in [5.74, 6) is 0.375. The highest BCUT2D eigenvalue weighted by Gasteiger charge is 2.27. The van der Waals surface area contributed by atoms with Gasteiger partial charge in [0.1, 0.15) is 9.84 Å². The summed E-state index contributed by atoms with van der Waals surface area (Å²) >= 11 is 0. The van der Waals surface area contributed by atoms with Crippen molar-refractivity contribution in [2.75, 3.05) is 12.0 Å². The van der Waals surface area contributed by atoms with Gasteiger partial charge in [0.05, 0.1) is 5.75 Å². The molecule has 1 rings (SSSR count). The molecule has 18 heavy (non-hydrogen) atoms. The van der Waals surface area contributed by atoms with Crippen LogP contribution in [0, 0.1) is 5.41 Å². The summed E-state index contributed by atoms with van der Waals surface area (Å²) in [6, 6.07) is 0. The van der Waals surface area contributed by atoms with Crippen LogP contribution in [0.4, 0.5) is 0 Å². The van der Waals surface area contributed by atoms with E-state index in [0.29, 0.717) is 5.75 Å². The molecule has 0 heterocycles. The van der Waals surface area contributed by atoms with Crippen molar-refractivity contribution in [3.63, 3.8) is 0 Å². The van der Waals surface area contributed by atoms with Crippen LogP contribution >= 0.6 is 0 Å². The summed E-state index contributed by atoms with van der Waals surface area (Å²) in [4.78, 5) is 0. The highest BCUT2D eigenvalue weighted by Crippen LogP contribution is 2.33. The second kappa shape index (κ2) is 7.52. The van der Waals surface area contributed by atoms with Crippen LogP contribution in [0.25, 0.3) is 0 Å². The van der Waals surface area contributed by atoms with Gasteiger partial charge in [0, 0.05) is 6.26 Å². The summed E-state index contributed by atoms with van der Waals surface area (Å²) in [6.45, 7) is 2.18. The van der Waals surface area contributed by atoms with E-state index in [4.69, 9.17) is 0 Å². The topological polar surface area (TPSA) is 34.1 Å². The predicted octanol–water partition coefficient (Wildman–Crippen LogP) is 4.34. The van der Waals surface area contributed by atoms with Crippen molar-refractivity contribution in [1.29, 1.82) is 0 Å². The lowest BCUT2D eigenvalue weighted by Crippen LogP contribution is -2.27. The first-order valence-corrected chi connectivity index (χ1v) is 9.65. The Morgan fingerprint density at radius 3 is 1.44 bits per heavy atom. The second-order valence-electron chi connectivity index (χ2n) is 6.56. The van der Waals surface area contributed by atoms with Gasteiger partial charge in [-0.15, -0.1) is 0 Å². The van der Waals surface area contributed by atoms with Gasteiger partial charge >= 0.3 is 0 Å². The van der Waals surface area contributed by atoms with Gasteiger partial charge < -0.3 is 0 Å². The van der Waals surface area contributed by atoms with E-state index >= 15 is 0 Å². The third-order valence-electron chi connectivity index (χ3n) is 4.17. The molecule has 0 aromatic heterocycles. The first-order valence-electron chi connectivity index (χ1n) is 7.59. The molecular weight excluding hydrogens is 244 g/mol. The molecular formula is C15H30O2S. The Hall–Kier alpha value is -0.0500. The van der Waals surface area contributed by atoms with Crippen LogP contribution in [-0.4, -0.2) is 20.4 Å². The fourth-order valence-electron chi connectivity index (χ4n) is 3.24.